The summed E-state index contributed by atoms with van der Waals surface area (Å²) in [5.74, 6) is 0.0644. The molecule has 0 aliphatic heterocycles. The number of benzene rings is 2. The molecule has 2 N–H and O–H groups in total. The van der Waals surface area contributed by atoms with Gasteiger partial charge in [-0.3, -0.25) is 9.59 Å². The minimum Gasteiger partial charge on any atom is -0.481 e. The van der Waals surface area contributed by atoms with E-state index < -0.39 is 12.1 Å². The van der Waals surface area contributed by atoms with Crippen LogP contribution in [0.15, 0.2) is 42.5 Å². The van der Waals surface area contributed by atoms with Crippen molar-refractivity contribution in [3.8, 4) is 5.75 Å². The maximum Gasteiger partial charge on any atom is 0.341 e. The first-order valence-electron chi connectivity index (χ1n) is 14.1. The average molecular weight is 563 g/mol. The van der Waals surface area contributed by atoms with Crippen molar-refractivity contribution in [1.82, 2.24) is 0 Å². The van der Waals surface area contributed by atoms with E-state index in [9.17, 15) is 14.4 Å². The van der Waals surface area contributed by atoms with Gasteiger partial charge >= 0.3 is 5.97 Å². The van der Waals surface area contributed by atoms with Crippen LogP contribution in [0.25, 0.3) is 0 Å². The van der Waals surface area contributed by atoms with Crippen molar-refractivity contribution in [3.05, 3.63) is 75.2 Å². The number of fused-ring (bicyclic) bond motifs is 1. The number of hydrogen-bond donors (Lipinski definition) is 2. The first kappa shape index (κ1) is 29.3. The summed E-state index contributed by atoms with van der Waals surface area (Å²) >= 11 is 1.46. The highest BCUT2D eigenvalue weighted by molar-refractivity contribution is 7.17. The Morgan fingerprint density at radius 2 is 1.68 bits per heavy atom. The van der Waals surface area contributed by atoms with E-state index in [1.807, 2.05) is 18.2 Å². The molecule has 4 rings (SSSR count). The number of amides is 2. The van der Waals surface area contributed by atoms with Crippen LogP contribution in [0.1, 0.15) is 83.3 Å². The number of para-hydroxylation sites is 1. The minimum absolute atomic E-state index is 0.236. The Hall–Kier alpha value is -3.65. The summed E-state index contributed by atoms with van der Waals surface area (Å²) < 4.78 is 11.2. The molecule has 0 saturated heterocycles. The molecule has 7 nitrogen and oxygen atoms in total. The second kappa shape index (κ2) is 13.1. The van der Waals surface area contributed by atoms with Crippen LogP contribution in [0.4, 0.5) is 10.7 Å². The molecule has 212 valence electrons. The molecule has 0 fully saturated rings. The molecule has 0 saturated carbocycles. The fraction of sp³-hybridized carbons (Fsp3) is 0.406. The Balaban J connectivity index is 1.43. The van der Waals surface area contributed by atoms with Crippen LogP contribution >= 0.6 is 11.3 Å². The molecule has 0 spiro atoms. The standard InChI is InChI=1S/C32H38N2O5S/c1-6-21-10-9-11-22(7-2)28(21)33-29(35)20(5)39-24-15-13-23(14-16-24)30(36)34-31-27(32(37)38-8-3)25-17-12-19(4)18-26(25)40-31/h9-11,13-16,19-20H,6-8,12,17-18H2,1-5H3,(H,33,35)(H,34,36)/t19-,20+/m0/s1. The predicted molar refractivity (Wildman–Crippen MR) is 160 cm³/mol. The summed E-state index contributed by atoms with van der Waals surface area (Å²) in [6.07, 6.45) is 3.60. The maximum atomic E-state index is 13.1. The Labute approximate surface area is 240 Å². The summed E-state index contributed by atoms with van der Waals surface area (Å²) in [7, 11) is 0. The summed E-state index contributed by atoms with van der Waals surface area (Å²) in [4.78, 5) is 40.0. The largest absolute Gasteiger partial charge is 0.481 e. The van der Waals surface area contributed by atoms with Crippen molar-refractivity contribution >= 4 is 39.8 Å². The van der Waals surface area contributed by atoms with Crippen molar-refractivity contribution in [1.29, 1.82) is 0 Å². The van der Waals surface area contributed by atoms with Gasteiger partial charge in [0.15, 0.2) is 6.10 Å². The number of anilines is 2. The molecular formula is C32H38N2O5S. The van der Waals surface area contributed by atoms with Crippen LogP contribution in [0.3, 0.4) is 0 Å². The Kier molecular flexibility index (Phi) is 9.63. The van der Waals surface area contributed by atoms with Crippen LogP contribution in [0.5, 0.6) is 5.75 Å². The van der Waals surface area contributed by atoms with Gasteiger partial charge in [0.1, 0.15) is 10.8 Å². The Morgan fingerprint density at radius 3 is 2.30 bits per heavy atom. The number of ether oxygens (including phenoxy) is 2. The normalized spacial score (nSPS) is 15.1. The molecule has 0 unspecified atom stereocenters. The molecule has 1 aliphatic carbocycles. The van der Waals surface area contributed by atoms with E-state index in [0.717, 1.165) is 59.4 Å². The lowest BCUT2D eigenvalue weighted by molar-refractivity contribution is -0.122. The van der Waals surface area contributed by atoms with E-state index in [2.05, 4.69) is 31.4 Å². The lowest BCUT2D eigenvalue weighted by Crippen LogP contribution is -2.31. The molecule has 0 bridgehead atoms. The molecule has 2 aromatic carbocycles. The van der Waals surface area contributed by atoms with Gasteiger partial charge in [-0.2, -0.15) is 0 Å². The summed E-state index contributed by atoms with van der Waals surface area (Å²) in [6.45, 7) is 10.1. The number of carbonyl (C=O) groups is 3. The van der Waals surface area contributed by atoms with Crippen LogP contribution in [0.2, 0.25) is 0 Å². The monoisotopic (exact) mass is 562 g/mol. The molecule has 1 aromatic heterocycles. The number of aryl methyl sites for hydroxylation is 2. The van der Waals surface area contributed by atoms with Gasteiger partial charge in [0.05, 0.1) is 12.2 Å². The van der Waals surface area contributed by atoms with Gasteiger partial charge in [-0.25, -0.2) is 4.79 Å². The van der Waals surface area contributed by atoms with Crippen LogP contribution in [-0.2, 0) is 35.2 Å². The zero-order valence-corrected chi connectivity index (χ0v) is 24.7. The summed E-state index contributed by atoms with van der Waals surface area (Å²) in [5.41, 5.74) is 4.93. The number of nitrogens with one attached hydrogen (secondary N) is 2. The van der Waals surface area contributed by atoms with Gasteiger partial charge in [-0.05, 0) is 92.8 Å². The van der Waals surface area contributed by atoms with Gasteiger partial charge in [0, 0.05) is 16.1 Å². The number of rotatable bonds is 10. The van der Waals surface area contributed by atoms with Crippen LogP contribution < -0.4 is 15.4 Å². The van der Waals surface area contributed by atoms with Crippen molar-refractivity contribution in [2.45, 2.75) is 72.8 Å². The minimum atomic E-state index is -0.735. The molecule has 8 heteroatoms. The first-order chi connectivity index (χ1) is 19.2. The van der Waals surface area contributed by atoms with Gasteiger partial charge in [0.25, 0.3) is 11.8 Å². The van der Waals surface area contributed by atoms with E-state index in [1.54, 1.807) is 38.1 Å². The number of thiophene rings is 1. The first-order valence-corrected chi connectivity index (χ1v) is 14.9. The zero-order valence-electron chi connectivity index (χ0n) is 23.9. The smallest absolute Gasteiger partial charge is 0.341 e. The van der Waals surface area contributed by atoms with Gasteiger partial charge in [0.2, 0.25) is 0 Å². The van der Waals surface area contributed by atoms with Crippen LogP contribution in [0, 0.1) is 5.92 Å². The highest BCUT2D eigenvalue weighted by Gasteiger charge is 2.29. The number of esters is 1. The highest BCUT2D eigenvalue weighted by Crippen LogP contribution is 2.40. The van der Waals surface area contributed by atoms with Crippen molar-refractivity contribution in [3.63, 3.8) is 0 Å². The van der Waals surface area contributed by atoms with Gasteiger partial charge < -0.3 is 20.1 Å². The van der Waals surface area contributed by atoms with Crippen molar-refractivity contribution in [2.24, 2.45) is 5.92 Å². The topological polar surface area (TPSA) is 93.7 Å². The maximum absolute atomic E-state index is 13.1. The predicted octanol–water partition coefficient (Wildman–Crippen LogP) is 6.83. The van der Waals surface area contributed by atoms with Crippen molar-refractivity contribution in [2.75, 3.05) is 17.2 Å². The van der Waals surface area contributed by atoms with Crippen molar-refractivity contribution < 1.29 is 23.9 Å². The molecular weight excluding hydrogens is 524 g/mol. The average Bonchev–Trinajstić information content (AvgIpc) is 3.30. The van der Waals surface area contributed by atoms with Gasteiger partial charge in [-0.1, -0.05) is 39.0 Å². The third-order valence-corrected chi connectivity index (χ3v) is 8.43. The van der Waals surface area contributed by atoms with E-state index in [0.29, 0.717) is 27.8 Å². The number of carbonyl (C=O) groups excluding carboxylic acids is 3. The van der Waals surface area contributed by atoms with E-state index >= 15 is 0 Å². The molecule has 3 aromatic rings. The molecule has 1 heterocycles. The molecule has 0 radical (unpaired) electrons. The Morgan fingerprint density at radius 1 is 1.00 bits per heavy atom. The number of hydrogen-bond acceptors (Lipinski definition) is 6. The van der Waals surface area contributed by atoms with E-state index in [-0.39, 0.29) is 18.4 Å². The quantitative estimate of drug-likeness (QED) is 0.264. The SMILES string of the molecule is CCOC(=O)c1c(NC(=O)c2ccc(O[C@H](C)C(=O)Nc3c(CC)cccc3CC)cc2)sc2c1CC[C@H](C)C2. The fourth-order valence-electron chi connectivity index (χ4n) is 5.00. The summed E-state index contributed by atoms with van der Waals surface area (Å²) in [6, 6.07) is 12.7. The summed E-state index contributed by atoms with van der Waals surface area (Å²) in [5, 5.41) is 6.51. The van der Waals surface area contributed by atoms with E-state index in [4.69, 9.17) is 9.47 Å². The third kappa shape index (κ3) is 6.55. The molecule has 2 atom stereocenters. The second-order valence-electron chi connectivity index (χ2n) is 10.2. The molecule has 1 aliphatic rings. The van der Waals surface area contributed by atoms with Gasteiger partial charge in [-0.15, -0.1) is 11.3 Å². The Bertz CT molecular complexity index is 1360. The highest BCUT2D eigenvalue weighted by atomic mass is 32.1. The van der Waals surface area contributed by atoms with Crippen LogP contribution in [-0.4, -0.2) is 30.5 Å². The lowest BCUT2D eigenvalue weighted by atomic mass is 9.88. The lowest BCUT2D eigenvalue weighted by Gasteiger charge is -2.18. The second-order valence-corrected chi connectivity index (χ2v) is 11.3. The third-order valence-electron chi connectivity index (χ3n) is 7.26. The van der Waals surface area contributed by atoms with E-state index in [1.165, 1.54) is 11.3 Å². The fourth-order valence-corrected chi connectivity index (χ4v) is 6.40. The molecule has 40 heavy (non-hydrogen) atoms. The zero-order chi connectivity index (χ0) is 28.8. The molecule has 2 amide bonds.